The van der Waals surface area contributed by atoms with E-state index in [-0.39, 0.29) is 28.3 Å². The topological polar surface area (TPSA) is 43.4 Å². The second-order valence-electron chi connectivity index (χ2n) is 5.15. The number of hydrogen-bond acceptors (Lipinski definition) is 4. The number of esters is 1. The zero-order valence-electron chi connectivity index (χ0n) is 10.5. The lowest BCUT2D eigenvalue weighted by Gasteiger charge is -2.01. The van der Waals surface area contributed by atoms with Crippen LogP contribution in [0.1, 0.15) is 27.2 Å². The Balaban J connectivity index is 2.08. The number of allylic oxidation sites excluding steroid dienone is 1. The Morgan fingerprint density at radius 1 is 1.59 bits per heavy atom. The Bertz CT molecular complexity index is 384. The third-order valence-electron chi connectivity index (χ3n) is 3.70. The van der Waals surface area contributed by atoms with Crippen molar-refractivity contribution < 1.29 is 14.3 Å². The molecule has 0 aromatic heterocycles. The van der Waals surface area contributed by atoms with Gasteiger partial charge in [0.25, 0.3) is 0 Å². The molecule has 2 rings (SSSR count). The van der Waals surface area contributed by atoms with Gasteiger partial charge in [-0.2, -0.15) is 0 Å². The van der Waals surface area contributed by atoms with Crippen molar-refractivity contribution in [3.63, 3.8) is 0 Å². The quantitative estimate of drug-likeness (QED) is 0.573. The lowest BCUT2D eigenvalue weighted by atomic mass is 10.1. The third kappa shape index (κ3) is 2.28. The first-order valence-corrected chi connectivity index (χ1v) is 7.01. The maximum atomic E-state index is 11.7. The van der Waals surface area contributed by atoms with E-state index in [9.17, 15) is 9.59 Å². The van der Waals surface area contributed by atoms with E-state index >= 15 is 0 Å². The molecule has 0 aromatic rings. The number of carbonyl (C=O) groups excluding carboxylic acids is 2. The summed E-state index contributed by atoms with van der Waals surface area (Å²) < 4.78 is 5.06. The van der Waals surface area contributed by atoms with E-state index in [4.69, 9.17) is 4.74 Å². The van der Waals surface area contributed by atoms with E-state index < -0.39 is 0 Å². The highest BCUT2D eigenvalue weighted by Crippen LogP contribution is 2.60. The highest BCUT2D eigenvalue weighted by molar-refractivity contribution is 8.14. The van der Waals surface area contributed by atoms with Gasteiger partial charge in [-0.1, -0.05) is 31.7 Å². The van der Waals surface area contributed by atoms with Crippen molar-refractivity contribution in [3.8, 4) is 0 Å². The van der Waals surface area contributed by atoms with Gasteiger partial charge in [-0.05, 0) is 24.7 Å². The van der Waals surface area contributed by atoms with Gasteiger partial charge in [0.1, 0.15) is 0 Å². The summed E-state index contributed by atoms with van der Waals surface area (Å²) >= 11 is 1.37. The molecule has 0 radical (unpaired) electrons. The molecule has 3 nitrogen and oxygen atoms in total. The zero-order chi connectivity index (χ0) is 12.6. The Morgan fingerprint density at radius 2 is 2.29 bits per heavy atom. The normalized spacial score (nSPS) is 32.9. The summed E-state index contributed by atoms with van der Waals surface area (Å²) in [7, 11) is 0. The van der Waals surface area contributed by atoms with E-state index in [1.807, 2.05) is 13.0 Å². The van der Waals surface area contributed by atoms with E-state index in [1.165, 1.54) is 11.8 Å². The van der Waals surface area contributed by atoms with Crippen molar-refractivity contribution in [2.75, 3.05) is 12.4 Å². The molecule has 1 saturated carbocycles. The van der Waals surface area contributed by atoms with Crippen LogP contribution in [0.5, 0.6) is 0 Å². The van der Waals surface area contributed by atoms with Crippen LogP contribution >= 0.6 is 11.8 Å². The van der Waals surface area contributed by atoms with Gasteiger partial charge < -0.3 is 4.74 Å². The Labute approximate surface area is 106 Å². The summed E-state index contributed by atoms with van der Waals surface area (Å²) in [6, 6.07) is 0. The summed E-state index contributed by atoms with van der Waals surface area (Å²) in [4.78, 5) is 23.3. The molecule has 1 heterocycles. The van der Waals surface area contributed by atoms with E-state index in [2.05, 4.69) is 13.8 Å². The fourth-order valence-electron chi connectivity index (χ4n) is 2.49. The summed E-state index contributed by atoms with van der Waals surface area (Å²) in [5.41, 5.74) is 0.826. The number of thioether (sulfide) groups is 1. The van der Waals surface area contributed by atoms with Crippen LogP contribution in [-0.2, 0) is 14.3 Å². The van der Waals surface area contributed by atoms with Gasteiger partial charge in [-0.15, -0.1) is 0 Å². The van der Waals surface area contributed by atoms with Gasteiger partial charge in [0.15, 0.2) is 0 Å². The van der Waals surface area contributed by atoms with Crippen LogP contribution in [0, 0.1) is 17.3 Å². The SMILES string of the molecule is CCOC(=O)[C@@H]1[C@H](/C=C2\CCSC2=O)C1(C)C. The third-order valence-corrected chi connectivity index (χ3v) is 4.63. The lowest BCUT2D eigenvalue weighted by molar-refractivity contribution is -0.145. The van der Waals surface area contributed by atoms with Crippen LogP contribution in [-0.4, -0.2) is 23.4 Å². The molecule has 1 aliphatic heterocycles. The molecule has 0 N–H and O–H groups in total. The van der Waals surface area contributed by atoms with Crippen LogP contribution in [0.4, 0.5) is 0 Å². The highest BCUT2D eigenvalue weighted by atomic mass is 32.2. The van der Waals surface area contributed by atoms with Gasteiger partial charge in [0, 0.05) is 11.3 Å². The van der Waals surface area contributed by atoms with E-state index in [0.29, 0.717) is 6.61 Å². The van der Waals surface area contributed by atoms with Gasteiger partial charge in [-0.3, -0.25) is 9.59 Å². The second-order valence-corrected chi connectivity index (χ2v) is 6.22. The Kier molecular flexibility index (Phi) is 3.34. The first-order chi connectivity index (χ1) is 7.98. The molecular formula is C13H18O3S. The van der Waals surface area contributed by atoms with Crippen molar-refractivity contribution >= 4 is 22.8 Å². The first kappa shape index (κ1) is 12.7. The molecule has 94 valence electrons. The fraction of sp³-hybridized carbons (Fsp3) is 0.692. The van der Waals surface area contributed by atoms with Crippen LogP contribution in [0.25, 0.3) is 0 Å². The van der Waals surface area contributed by atoms with Crippen LogP contribution in [0.2, 0.25) is 0 Å². The van der Waals surface area contributed by atoms with Crippen LogP contribution in [0.15, 0.2) is 11.6 Å². The molecular weight excluding hydrogens is 236 g/mol. The van der Waals surface area contributed by atoms with Crippen molar-refractivity contribution in [2.24, 2.45) is 17.3 Å². The molecule has 0 aromatic carbocycles. The molecule has 1 saturated heterocycles. The largest absolute Gasteiger partial charge is 0.466 e. The average Bonchev–Trinajstić information content (AvgIpc) is 2.56. The first-order valence-electron chi connectivity index (χ1n) is 6.03. The number of ether oxygens (including phenoxy) is 1. The van der Waals surface area contributed by atoms with Gasteiger partial charge in [0.05, 0.1) is 12.5 Å². The number of carbonyl (C=O) groups is 2. The number of rotatable bonds is 3. The van der Waals surface area contributed by atoms with Crippen molar-refractivity contribution in [3.05, 3.63) is 11.6 Å². The maximum Gasteiger partial charge on any atom is 0.310 e. The molecule has 0 unspecified atom stereocenters. The van der Waals surface area contributed by atoms with Crippen LogP contribution in [0.3, 0.4) is 0 Å². The van der Waals surface area contributed by atoms with E-state index in [1.54, 1.807) is 0 Å². The van der Waals surface area contributed by atoms with Gasteiger partial charge in [0.2, 0.25) is 5.12 Å². The van der Waals surface area contributed by atoms with Crippen molar-refractivity contribution in [2.45, 2.75) is 27.2 Å². The average molecular weight is 254 g/mol. The molecule has 0 amide bonds. The molecule has 0 bridgehead atoms. The van der Waals surface area contributed by atoms with Gasteiger partial charge >= 0.3 is 5.97 Å². The molecule has 2 aliphatic rings. The highest BCUT2D eigenvalue weighted by Gasteiger charge is 2.61. The molecule has 2 fully saturated rings. The monoisotopic (exact) mass is 254 g/mol. The minimum absolute atomic E-state index is 0.0627. The standard InChI is InChI=1S/C13H18O3S/c1-4-16-11(14)10-9(13(10,2)3)7-8-5-6-17-12(8)15/h7,9-10H,4-6H2,1-3H3/b8-7+/t9-,10-/m0/s1. The predicted molar refractivity (Wildman–Crippen MR) is 67.6 cm³/mol. The molecule has 0 spiro atoms. The molecule has 17 heavy (non-hydrogen) atoms. The van der Waals surface area contributed by atoms with Crippen LogP contribution < -0.4 is 0 Å². The summed E-state index contributed by atoms with van der Waals surface area (Å²) in [6.07, 6.45) is 2.84. The smallest absolute Gasteiger partial charge is 0.310 e. The summed E-state index contributed by atoms with van der Waals surface area (Å²) in [6.45, 7) is 6.35. The maximum absolute atomic E-state index is 11.7. The Morgan fingerprint density at radius 3 is 2.82 bits per heavy atom. The molecule has 1 aliphatic carbocycles. The molecule has 4 heteroatoms. The zero-order valence-corrected chi connectivity index (χ0v) is 11.3. The predicted octanol–water partition coefficient (Wildman–Crippen LogP) is 2.41. The fourth-order valence-corrected chi connectivity index (χ4v) is 3.35. The summed E-state index contributed by atoms with van der Waals surface area (Å²) in [5.74, 6) is 0.840. The Hall–Kier alpha value is -0.770. The van der Waals surface area contributed by atoms with Crippen molar-refractivity contribution in [1.29, 1.82) is 0 Å². The van der Waals surface area contributed by atoms with Gasteiger partial charge in [-0.25, -0.2) is 0 Å². The van der Waals surface area contributed by atoms with E-state index in [0.717, 1.165) is 17.7 Å². The second kappa shape index (κ2) is 4.48. The summed E-state index contributed by atoms with van der Waals surface area (Å²) in [5, 5.41) is 0.176. The lowest BCUT2D eigenvalue weighted by Crippen LogP contribution is -2.10. The minimum Gasteiger partial charge on any atom is -0.466 e. The minimum atomic E-state index is -0.127. The van der Waals surface area contributed by atoms with Crippen molar-refractivity contribution in [1.82, 2.24) is 0 Å². The number of hydrogen-bond donors (Lipinski definition) is 0. The molecule has 2 atom stereocenters.